The van der Waals surface area contributed by atoms with Gasteiger partial charge in [-0.3, -0.25) is 14.9 Å². The van der Waals surface area contributed by atoms with Gasteiger partial charge in [-0.1, -0.05) is 6.07 Å². The maximum absolute atomic E-state index is 14.1. The number of benzene rings is 1. The first-order chi connectivity index (χ1) is 15.7. The molecule has 0 atom stereocenters. The molecule has 0 N–H and O–H groups in total. The molecule has 1 aliphatic heterocycles. The van der Waals surface area contributed by atoms with E-state index in [2.05, 4.69) is 19.9 Å². The van der Waals surface area contributed by atoms with Crippen molar-refractivity contribution in [3.05, 3.63) is 72.1 Å². The lowest BCUT2D eigenvalue weighted by atomic mass is 9.99. The van der Waals surface area contributed by atoms with Gasteiger partial charge in [-0.25, -0.2) is 14.8 Å². The van der Waals surface area contributed by atoms with Gasteiger partial charge in [0.2, 0.25) is 0 Å². The van der Waals surface area contributed by atoms with Gasteiger partial charge < -0.3 is 4.90 Å². The number of aryl methyl sites for hydroxylation is 1. The average molecular weight is 450 g/mol. The Morgan fingerprint density at radius 3 is 2.48 bits per heavy atom. The Kier molecular flexibility index (Phi) is 4.73. The van der Waals surface area contributed by atoms with Gasteiger partial charge in [0.15, 0.2) is 0 Å². The highest BCUT2D eigenvalue weighted by atomic mass is 19.4. The summed E-state index contributed by atoms with van der Waals surface area (Å²) >= 11 is 0. The summed E-state index contributed by atoms with van der Waals surface area (Å²) in [5, 5.41) is 0. The number of fused-ring (bicyclic) bond motifs is 3. The number of rotatable bonds is 2. The van der Waals surface area contributed by atoms with Gasteiger partial charge in [-0.2, -0.15) is 13.2 Å². The molecule has 1 aromatic carbocycles. The van der Waals surface area contributed by atoms with Crippen molar-refractivity contribution in [3.63, 3.8) is 0 Å². The SMILES string of the molecule is Cc1ncc(-c2ccc(N3C(=O)N(C)Cc4cnc5cccnc5c43)cc2C(F)(F)F)cn1. The topological polar surface area (TPSA) is 75.1 Å². The van der Waals surface area contributed by atoms with E-state index in [0.29, 0.717) is 28.1 Å². The van der Waals surface area contributed by atoms with Crippen LogP contribution >= 0.6 is 0 Å². The largest absolute Gasteiger partial charge is 0.417 e. The molecule has 7 nitrogen and oxygen atoms in total. The molecule has 4 aromatic rings. The third-order valence-electron chi connectivity index (χ3n) is 5.48. The maximum atomic E-state index is 14.1. The molecule has 0 saturated heterocycles. The number of carbonyl (C=O) groups excluding carboxylic acids is 1. The fourth-order valence-corrected chi connectivity index (χ4v) is 3.93. The fraction of sp³-hybridized carbons (Fsp3) is 0.174. The summed E-state index contributed by atoms with van der Waals surface area (Å²) in [4.78, 5) is 32.6. The lowest BCUT2D eigenvalue weighted by molar-refractivity contribution is -0.137. The number of halogens is 3. The van der Waals surface area contributed by atoms with Crippen LogP contribution in [0.15, 0.2) is 55.1 Å². The summed E-state index contributed by atoms with van der Waals surface area (Å²) in [5.41, 5.74) is 1.47. The maximum Gasteiger partial charge on any atom is 0.417 e. The quantitative estimate of drug-likeness (QED) is 0.424. The first-order valence-electron chi connectivity index (χ1n) is 10.0. The van der Waals surface area contributed by atoms with Gasteiger partial charge in [-0.05, 0) is 36.8 Å². The van der Waals surface area contributed by atoms with Crippen molar-refractivity contribution in [1.29, 1.82) is 0 Å². The molecule has 0 saturated carbocycles. The molecular weight excluding hydrogens is 433 g/mol. The number of nitrogens with zero attached hydrogens (tertiary/aromatic N) is 6. The second-order valence-corrected chi connectivity index (χ2v) is 7.72. The molecule has 0 unspecified atom stereocenters. The molecular formula is C23H17F3N6O. The van der Waals surface area contributed by atoms with Crippen molar-refractivity contribution in [3.8, 4) is 11.1 Å². The minimum atomic E-state index is -4.66. The molecule has 0 spiro atoms. The van der Waals surface area contributed by atoms with Crippen LogP contribution in [0, 0.1) is 6.92 Å². The summed E-state index contributed by atoms with van der Waals surface area (Å²) < 4.78 is 42.3. The Labute approximate surface area is 186 Å². The van der Waals surface area contributed by atoms with E-state index in [1.807, 2.05) is 0 Å². The second-order valence-electron chi connectivity index (χ2n) is 7.72. The molecule has 166 valence electrons. The fourth-order valence-electron chi connectivity index (χ4n) is 3.93. The van der Waals surface area contributed by atoms with Gasteiger partial charge >= 0.3 is 12.2 Å². The lowest BCUT2D eigenvalue weighted by Crippen LogP contribution is -2.42. The summed E-state index contributed by atoms with van der Waals surface area (Å²) in [6, 6.07) is 6.80. The zero-order chi connectivity index (χ0) is 23.3. The number of anilines is 2. The number of carbonyl (C=O) groups is 1. The van der Waals surface area contributed by atoms with E-state index in [-0.39, 0.29) is 23.4 Å². The van der Waals surface area contributed by atoms with E-state index in [4.69, 9.17) is 0 Å². The van der Waals surface area contributed by atoms with Crippen molar-refractivity contribution >= 4 is 28.4 Å². The minimum Gasteiger partial charge on any atom is -0.323 e. The number of amides is 2. The standard InChI is InChI=1S/C23H17F3N6O/c1-13-28-9-14(10-29-13)17-6-5-16(8-18(17)23(24,25)26)32-21-15(12-31(2)22(32)33)11-30-19-4-3-7-27-20(19)21/h3-11H,12H2,1-2H3. The van der Waals surface area contributed by atoms with Gasteiger partial charge in [0, 0.05) is 43.0 Å². The van der Waals surface area contributed by atoms with E-state index in [0.717, 1.165) is 6.07 Å². The molecule has 2 amide bonds. The van der Waals surface area contributed by atoms with Crippen LogP contribution in [0.25, 0.3) is 22.2 Å². The average Bonchev–Trinajstić information content (AvgIpc) is 2.79. The number of alkyl halides is 3. The highest BCUT2D eigenvalue weighted by Crippen LogP contribution is 2.43. The monoisotopic (exact) mass is 450 g/mol. The summed E-state index contributed by atoms with van der Waals surface area (Å²) in [6.07, 6.45) is 1.23. The Morgan fingerprint density at radius 2 is 1.76 bits per heavy atom. The van der Waals surface area contributed by atoms with Crippen LogP contribution in [0.5, 0.6) is 0 Å². The number of aromatic nitrogens is 4. The van der Waals surface area contributed by atoms with Crippen molar-refractivity contribution in [2.75, 3.05) is 11.9 Å². The van der Waals surface area contributed by atoms with Crippen LogP contribution in [0.4, 0.5) is 29.3 Å². The number of hydrogen-bond donors (Lipinski definition) is 0. The first-order valence-corrected chi connectivity index (χ1v) is 10.0. The molecule has 0 radical (unpaired) electrons. The highest BCUT2D eigenvalue weighted by Gasteiger charge is 2.37. The zero-order valence-corrected chi connectivity index (χ0v) is 17.6. The zero-order valence-electron chi connectivity index (χ0n) is 17.6. The molecule has 5 rings (SSSR count). The van der Waals surface area contributed by atoms with Crippen molar-refractivity contribution in [2.24, 2.45) is 0 Å². The third-order valence-corrected chi connectivity index (χ3v) is 5.48. The van der Waals surface area contributed by atoms with Crippen molar-refractivity contribution < 1.29 is 18.0 Å². The predicted octanol–water partition coefficient (Wildman–Crippen LogP) is 5.12. The molecule has 10 heteroatoms. The van der Waals surface area contributed by atoms with Gasteiger partial charge in [0.1, 0.15) is 11.3 Å². The molecule has 3 aromatic heterocycles. The second kappa shape index (κ2) is 7.51. The van der Waals surface area contributed by atoms with Crippen LogP contribution in [-0.4, -0.2) is 37.9 Å². The van der Waals surface area contributed by atoms with E-state index < -0.39 is 17.8 Å². The molecule has 0 aliphatic carbocycles. The van der Waals surface area contributed by atoms with Gasteiger partial charge in [0.25, 0.3) is 0 Å². The van der Waals surface area contributed by atoms with E-state index in [1.165, 1.54) is 34.3 Å². The van der Waals surface area contributed by atoms with E-state index >= 15 is 0 Å². The molecule has 0 bridgehead atoms. The van der Waals surface area contributed by atoms with Crippen LogP contribution in [0.1, 0.15) is 17.0 Å². The van der Waals surface area contributed by atoms with E-state index in [9.17, 15) is 18.0 Å². The Hall–Kier alpha value is -4.08. The molecule has 1 aliphatic rings. The van der Waals surface area contributed by atoms with Crippen LogP contribution in [0.2, 0.25) is 0 Å². The Bertz CT molecular complexity index is 1390. The Morgan fingerprint density at radius 1 is 1.00 bits per heavy atom. The number of hydrogen-bond acceptors (Lipinski definition) is 5. The van der Waals surface area contributed by atoms with Crippen LogP contribution in [-0.2, 0) is 12.7 Å². The lowest BCUT2D eigenvalue weighted by Gasteiger charge is -2.35. The summed E-state index contributed by atoms with van der Waals surface area (Å²) in [7, 11) is 1.59. The minimum absolute atomic E-state index is 0.0676. The molecule has 33 heavy (non-hydrogen) atoms. The Balaban J connectivity index is 1.74. The molecule has 4 heterocycles. The van der Waals surface area contributed by atoms with Crippen molar-refractivity contribution in [2.45, 2.75) is 19.6 Å². The number of urea groups is 1. The third kappa shape index (κ3) is 3.53. The van der Waals surface area contributed by atoms with Gasteiger partial charge in [-0.15, -0.1) is 0 Å². The van der Waals surface area contributed by atoms with E-state index in [1.54, 1.807) is 38.5 Å². The normalized spacial score (nSPS) is 14.0. The smallest absolute Gasteiger partial charge is 0.323 e. The summed E-state index contributed by atoms with van der Waals surface area (Å²) in [5.74, 6) is 0.454. The highest BCUT2D eigenvalue weighted by molar-refractivity contribution is 6.08. The van der Waals surface area contributed by atoms with Crippen LogP contribution < -0.4 is 4.90 Å². The van der Waals surface area contributed by atoms with Crippen LogP contribution in [0.3, 0.4) is 0 Å². The van der Waals surface area contributed by atoms with Crippen molar-refractivity contribution in [1.82, 2.24) is 24.8 Å². The molecule has 0 fully saturated rings. The summed E-state index contributed by atoms with van der Waals surface area (Å²) in [6.45, 7) is 1.93. The van der Waals surface area contributed by atoms with Gasteiger partial charge in [0.05, 0.1) is 29.0 Å². The first kappa shape index (κ1) is 20.8. The predicted molar refractivity (Wildman–Crippen MR) is 116 cm³/mol. The number of pyridine rings is 2.